The third kappa shape index (κ3) is 3.47. The van der Waals surface area contributed by atoms with Gasteiger partial charge in [-0.25, -0.2) is 4.57 Å². The molecule has 4 N–H and O–H groups in total. The van der Waals surface area contributed by atoms with E-state index in [1.807, 2.05) is 24.3 Å². The number of benzene rings is 1. The van der Waals surface area contributed by atoms with E-state index in [-0.39, 0.29) is 0 Å². The SMILES string of the molecule is CCc1ccccc1NNP(=O)(O)O. The van der Waals surface area contributed by atoms with Crippen molar-refractivity contribution in [2.24, 2.45) is 0 Å². The molecule has 0 saturated carbocycles. The molecule has 0 spiro atoms. The van der Waals surface area contributed by atoms with Crippen LogP contribution >= 0.6 is 7.75 Å². The monoisotopic (exact) mass is 216 g/mol. The Balaban J connectivity index is 2.71. The summed E-state index contributed by atoms with van der Waals surface area (Å²) >= 11 is 0. The largest absolute Gasteiger partial charge is 0.417 e. The van der Waals surface area contributed by atoms with Crippen LogP contribution in [0.15, 0.2) is 24.3 Å². The molecule has 1 aromatic carbocycles. The molecule has 1 rings (SSSR count). The van der Waals surface area contributed by atoms with Crippen molar-refractivity contribution in [1.29, 1.82) is 0 Å². The molecular weight excluding hydrogens is 203 g/mol. The Morgan fingerprint density at radius 2 is 2.00 bits per heavy atom. The van der Waals surface area contributed by atoms with Crippen molar-refractivity contribution in [2.75, 3.05) is 5.43 Å². The fourth-order valence-electron chi connectivity index (χ4n) is 1.08. The highest BCUT2D eigenvalue weighted by molar-refractivity contribution is 7.49. The second-order valence-corrected chi connectivity index (χ2v) is 4.10. The summed E-state index contributed by atoms with van der Waals surface area (Å²) in [7, 11) is -4.22. The minimum Gasteiger partial charge on any atom is -0.312 e. The van der Waals surface area contributed by atoms with Crippen molar-refractivity contribution >= 4 is 13.4 Å². The normalized spacial score (nSPS) is 11.4. The molecule has 1 aromatic rings. The average Bonchev–Trinajstić information content (AvgIpc) is 2.14. The van der Waals surface area contributed by atoms with Crippen LogP contribution in [-0.2, 0) is 11.0 Å². The van der Waals surface area contributed by atoms with Crippen LogP contribution < -0.4 is 10.6 Å². The Hall–Kier alpha value is -0.870. The van der Waals surface area contributed by atoms with Crippen LogP contribution in [0.4, 0.5) is 5.69 Å². The van der Waals surface area contributed by atoms with Gasteiger partial charge < -0.3 is 15.2 Å². The van der Waals surface area contributed by atoms with Gasteiger partial charge in [0, 0.05) is 0 Å². The standard InChI is InChI=1S/C8H13N2O3P/c1-2-7-5-3-4-6-8(7)9-10-14(11,12)13/h3-6,9H,2H2,1H3,(H3,10,11,12,13). The molecule has 0 fully saturated rings. The van der Waals surface area contributed by atoms with Gasteiger partial charge in [-0.15, -0.1) is 5.20 Å². The average molecular weight is 216 g/mol. The smallest absolute Gasteiger partial charge is 0.312 e. The first-order valence-electron chi connectivity index (χ1n) is 4.19. The van der Waals surface area contributed by atoms with E-state index in [4.69, 9.17) is 9.79 Å². The Labute approximate surface area is 82.3 Å². The lowest BCUT2D eigenvalue weighted by atomic mass is 10.1. The Kier molecular flexibility index (Phi) is 3.66. The van der Waals surface area contributed by atoms with Gasteiger partial charge in [0.05, 0.1) is 5.69 Å². The molecule has 0 aliphatic rings. The number of aryl methyl sites for hydroxylation is 1. The number of hydrogen-bond donors (Lipinski definition) is 4. The number of nitrogens with one attached hydrogen (secondary N) is 2. The molecule has 0 saturated heterocycles. The highest BCUT2D eigenvalue weighted by Crippen LogP contribution is 2.28. The predicted molar refractivity (Wildman–Crippen MR) is 54.6 cm³/mol. The zero-order valence-electron chi connectivity index (χ0n) is 7.77. The number of hydrogen-bond acceptors (Lipinski definition) is 2. The molecule has 0 atom stereocenters. The van der Waals surface area contributed by atoms with Crippen molar-refractivity contribution in [2.45, 2.75) is 13.3 Å². The minimum absolute atomic E-state index is 0.679. The second-order valence-electron chi connectivity index (χ2n) is 2.79. The quantitative estimate of drug-likeness (QED) is 0.450. The lowest BCUT2D eigenvalue weighted by Crippen LogP contribution is -2.18. The number of hydrazine groups is 1. The summed E-state index contributed by atoms with van der Waals surface area (Å²) in [6, 6.07) is 7.32. The first-order chi connectivity index (χ1) is 6.53. The zero-order chi connectivity index (χ0) is 10.6. The first kappa shape index (κ1) is 11.2. The molecule has 0 aromatic heterocycles. The number of anilines is 1. The second kappa shape index (κ2) is 4.57. The highest BCUT2D eigenvalue weighted by Gasteiger charge is 2.11. The maximum Gasteiger partial charge on any atom is 0.417 e. The molecule has 0 radical (unpaired) electrons. The van der Waals surface area contributed by atoms with E-state index < -0.39 is 7.75 Å². The Morgan fingerprint density at radius 1 is 1.36 bits per heavy atom. The van der Waals surface area contributed by atoms with Crippen molar-refractivity contribution in [3.05, 3.63) is 29.8 Å². The highest BCUT2D eigenvalue weighted by atomic mass is 31.2. The van der Waals surface area contributed by atoms with Gasteiger partial charge in [0.2, 0.25) is 0 Å². The third-order valence-electron chi connectivity index (χ3n) is 1.73. The molecule has 0 unspecified atom stereocenters. The zero-order valence-corrected chi connectivity index (χ0v) is 8.66. The topological polar surface area (TPSA) is 81.6 Å². The Bertz CT molecular complexity index is 350. The van der Waals surface area contributed by atoms with Gasteiger partial charge >= 0.3 is 7.75 Å². The van der Waals surface area contributed by atoms with Gasteiger partial charge in [-0.2, -0.15) is 0 Å². The van der Waals surface area contributed by atoms with E-state index in [0.29, 0.717) is 5.69 Å². The van der Waals surface area contributed by atoms with Crippen molar-refractivity contribution < 1.29 is 14.4 Å². The molecule has 0 amide bonds. The van der Waals surface area contributed by atoms with Crippen LogP contribution in [0.3, 0.4) is 0 Å². The van der Waals surface area contributed by atoms with Crippen LogP contribution in [0.1, 0.15) is 12.5 Å². The first-order valence-corrected chi connectivity index (χ1v) is 5.81. The molecule has 0 bridgehead atoms. The fraction of sp³-hybridized carbons (Fsp3) is 0.250. The molecule has 0 aliphatic heterocycles. The molecule has 14 heavy (non-hydrogen) atoms. The van der Waals surface area contributed by atoms with E-state index in [9.17, 15) is 4.57 Å². The van der Waals surface area contributed by atoms with Gasteiger partial charge in [-0.05, 0) is 18.1 Å². The van der Waals surface area contributed by atoms with Gasteiger partial charge in [0.1, 0.15) is 0 Å². The summed E-state index contributed by atoms with van der Waals surface area (Å²) in [5.41, 5.74) is 4.16. The molecule has 0 aliphatic carbocycles. The van der Waals surface area contributed by atoms with Crippen LogP contribution in [0.2, 0.25) is 0 Å². The molecule has 0 heterocycles. The fourth-order valence-corrected chi connectivity index (χ4v) is 1.35. The molecule has 6 heteroatoms. The van der Waals surface area contributed by atoms with E-state index in [0.717, 1.165) is 12.0 Å². The minimum atomic E-state index is -4.22. The molecular formula is C8H13N2O3P. The maximum atomic E-state index is 10.5. The lowest BCUT2D eigenvalue weighted by Gasteiger charge is -2.12. The van der Waals surface area contributed by atoms with Gasteiger partial charge in [0.15, 0.2) is 0 Å². The van der Waals surface area contributed by atoms with Crippen molar-refractivity contribution in [1.82, 2.24) is 5.20 Å². The lowest BCUT2D eigenvalue weighted by molar-refractivity contribution is 0.362. The van der Waals surface area contributed by atoms with Crippen molar-refractivity contribution in [3.8, 4) is 0 Å². The van der Waals surface area contributed by atoms with Crippen LogP contribution in [0.5, 0.6) is 0 Å². The van der Waals surface area contributed by atoms with Crippen molar-refractivity contribution in [3.63, 3.8) is 0 Å². The molecule has 5 nitrogen and oxygen atoms in total. The van der Waals surface area contributed by atoms with E-state index in [2.05, 4.69) is 5.43 Å². The van der Waals surface area contributed by atoms with Gasteiger partial charge in [-0.1, -0.05) is 25.1 Å². The van der Waals surface area contributed by atoms with Crippen LogP contribution in [0, 0.1) is 0 Å². The van der Waals surface area contributed by atoms with Crippen LogP contribution in [0.25, 0.3) is 0 Å². The summed E-state index contributed by atoms with van der Waals surface area (Å²) in [5.74, 6) is 0. The number of rotatable bonds is 4. The summed E-state index contributed by atoms with van der Waals surface area (Å²) < 4.78 is 10.5. The summed E-state index contributed by atoms with van der Waals surface area (Å²) in [6.45, 7) is 1.97. The summed E-state index contributed by atoms with van der Waals surface area (Å²) in [6.07, 6.45) is 0.798. The van der Waals surface area contributed by atoms with E-state index in [1.54, 1.807) is 12.1 Å². The predicted octanol–water partition coefficient (Wildman–Crippen LogP) is 1.26. The van der Waals surface area contributed by atoms with Gasteiger partial charge in [-0.3, -0.25) is 0 Å². The summed E-state index contributed by atoms with van der Waals surface area (Å²) in [5, 5.41) is 1.93. The van der Waals surface area contributed by atoms with E-state index >= 15 is 0 Å². The van der Waals surface area contributed by atoms with Crippen LogP contribution in [-0.4, -0.2) is 9.79 Å². The van der Waals surface area contributed by atoms with Gasteiger partial charge in [0.25, 0.3) is 0 Å². The summed E-state index contributed by atoms with van der Waals surface area (Å²) in [4.78, 5) is 17.2. The van der Waals surface area contributed by atoms with E-state index in [1.165, 1.54) is 0 Å². The Morgan fingerprint density at radius 3 is 2.57 bits per heavy atom. The third-order valence-corrected chi connectivity index (χ3v) is 2.14. The molecule has 78 valence electrons. The number of para-hydroxylation sites is 1. The maximum absolute atomic E-state index is 10.5.